The van der Waals surface area contributed by atoms with Crippen molar-refractivity contribution in [1.82, 2.24) is 0 Å². The number of carbonyl (C=O) groups excluding carboxylic acids is 1. The summed E-state index contributed by atoms with van der Waals surface area (Å²) in [6.07, 6.45) is 1.45. The number of benzene rings is 1. The molecular formula is C13H19NO3. The Kier molecular flexibility index (Phi) is 5.49. The van der Waals surface area contributed by atoms with Gasteiger partial charge < -0.3 is 15.2 Å². The monoisotopic (exact) mass is 237 g/mol. The molecule has 0 heterocycles. The van der Waals surface area contributed by atoms with Crippen LogP contribution in [0.1, 0.15) is 18.9 Å². The van der Waals surface area contributed by atoms with Crippen LogP contribution in [0.5, 0.6) is 5.75 Å². The second-order valence-corrected chi connectivity index (χ2v) is 3.83. The number of carbonyl (C=O) groups is 1. The zero-order chi connectivity index (χ0) is 12.7. The molecule has 4 nitrogen and oxygen atoms in total. The number of hydrogen-bond donors (Lipinski definition) is 1. The summed E-state index contributed by atoms with van der Waals surface area (Å²) in [6, 6.07) is 6.98. The van der Waals surface area contributed by atoms with E-state index in [-0.39, 0.29) is 0 Å². The summed E-state index contributed by atoms with van der Waals surface area (Å²) in [5, 5.41) is 0. The summed E-state index contributed by atoms with van der Waals surface area (Å²) in [4.78, 5) is 11.2. The molecular weight excluding hydrogens is 218 g/mol. The first-order valence-corrected chi connectivity index (χ1v) is 5.72. The van der Waals surface area contributed by atoms with Gasteiger partial charge in [0.2, 0.25) is 0 Å². The Morgan fingerprint density at radius 3 is 2.53 bits per heavy atom. The Labute approximate surface area is 102 Å². The fraction of sp³-hybridized carbons (Fsp3) is 0.462. The molecule has 4 heteroatoms. The summed E-state index contributed by atoms with van der Waals surface area (Å²) in [5.41, 5.74) is 6.66. The molecule has 94 valence electrons. The second-order valence-electron chi connectivity index (χ2n) is 3.83. The van der Waals surface area contributed by atoms with Gasteiger partial charge in [0.05, 0.1) is 13.7 Å². The van der Waals surface area contributed by atoms with Crippen molar-refractivity contribution in [1.29, 1.82) is 0 Å². The van der Waals surface area contributed by atoms with Crippen molar-refractivity contribution < 1.29 is 14.3 Å². The van der Waals surface area contributed by atoms with E-state index in [1.54, 1.807) is 0 Å². The first-order valence-electron chi connectivity index (χ1n) is 5.72. The molecule has 0 aliphatic heterocycles. The van der Waals surface area contributed by atoms with E-state index in [0.717, 1.165) is 17.7 Å². The molecule has 17 heavy (non-hydrogen) atoms. The summed E-state index contributed by atoms with van der Waals surface area (Å²) < 4.78 is 10.0. The highest BCUT2D eigenvalue weighted by molar-refractivity contribution is 5.75. The fourth-order valence-electron chi connectivity index (χ4n) is 1.43. The van der Waals surface area contributed by atoms with Gasteiger partial charge in [-0.1, -0.05) is 19.1 Å². The van der Waals surface area contributed by atoms with Gasteiger partial charge in [0.25, 0.3) is 0 Å². The molecule has 1 aromatic rings. The van der Waals surface area contributed by atoms with E-state index in [4.69, 9.17) is 10.5 Å². The van der Waals surface area contributed by atoms with Crippen LogP contribution in [0.4, 0.5) is 0 Å². The largest absolute Gasteiger partial charge is 0.494 e. The van der Waals surface area contributed by atoms with Gasteiger partial charge in [-0.3, -0.25) is 4.79 Å². The van der Waals surface area contributed by atoms with Crippen molar-refractivity contribution in [3.05, 3.63) is 29.8 Å². The zero-order valence-electron chi connectivity index (χ0n) is 10.3. The summed E-state index contributed by atoms with van der Waals surface area (Å²) in [5.74, 6) is 0.443. The predicted octanol–water partition coefficient (Wildman–Crippen LogP) is 1.52. The van der Waals surface area contributed by atoms with Gasteiger partial charge in [-0.05, 0) is 30.5 Å². The molecule has 0 aliphatic carbocycles. The van der Waals surface area contributed by atoms with Gasteiger partial charge in [-0.25, -0.2) is 0 Å². The van der Waals surface area contributed by atoms with Crippen molar-refractivity contribution in [3.8, 4) is 5.75 Å². The number of ether oxygens (including phenoxy) is 2. The fourth-order valence-corrected chi connectivity index (χ4v) is 1.43. The third-order valence-corrected chi connectivity index (χ3v) is 2.36. The Balaban J connectivity index is 2.53. The van der Waals surface area contributed by atoms with Crippen molar-refractivity contribution in [2.45, 2.75) is 25.8 Å². The number of esters is 1. The van der Waals surface area contributed by atoms with E-state index in [9.17, 15) is 4.79 Å². The molecule has 1 rings (SSSR count). The lowest BCUT2D eigenvalue weighted by atomic mass is 10.1. The number of rotatable bonds is 6. The van der Waals surface area contributed by atoms with Crippen molar-refractivity contribution in [2.24, 2.45) is 5.73 Å². The Morgan fingerprint density at radius 1 is 1.35 bits per heavy atom. The molecule has 1 aromatic carbocycles. The molecule has 0 aromatic heterocycles. The van der Waals surface area contributed by atoms with Crippen molar-refractivity contribution >= 4 is 5.97 Å². The van der Waals surface area contributed by atoms with E-state index >= 15 is 0 Å². The van der Waals surface area contributed by atoms with Crippen LogP contribution in [0.15, 0.2) is 24.3 Å². The SMILES string of the molecule is CCCOc1ccc(C[C@H](N)C(=O)OC)cc1. The molecule has 0 aliphatic rings. The third-order valence-electron chi connectivity index (χ3n) is 2.36. The minimum absolute atomic E-state index is 0.392. The van der Waals surface area contributed by atoms with Gasteiger partial charge in [0, 0.05) is 0 Å². The van der Waals surface area contributed by atoms with Crippen LogP contribution in [0.2, 0.25) is 0 Å². The summed E-state index contributed by atoms with van der Waals surface area (Å²) in [7, 11) is 1.34. The topological polar surface area (TPSA) is 61.5 Å². The van der Waals surface area contributed by atoms with Crippen molar-refractivity contribution in [2.75, 3.05) is 13.7 Å². The highest BCUT2D eigenvalue weighted by Crippen LogP contribution is 2.13. The van der Waals surface area contributed by atoms with Gasteiger partial charge in [-0.2, -0.15) is 0 Å². The number of nitrogens with two attached hydrogens (primary N) is 1. The highest BCUT2D eigenvalue weighted by atomic mass is 16.5. The van der Waals surface area contributed by atoms with Crippen LogP contribution >= 0.6 is 0 Å². The summed E-state index contributed by atoms with van der Waals surface area (Å²) >= 11 is 0. The van der Waals surface area contributed by atoms with Gasteiger partial charge in [0.15, 0.2) is 0 Å². The Bertz CT molecular complexity index is 348. The van der Waals surface area contributed by atoms with Crippen LogP contribution in [0, 0.1) is 0 Å². The van der Waals surface area contributed by atoms with Crippen LogP contribution in [-0.2, 0) is 16.0 Å². The predicted molar refractivity (Wildman–Crippen MR) is 65.9 cm³/mol. The molecule has 2 N–H and O–H groups in total. The molecule has 0 spiro atoms. The molecule has 0 unspecified atom stereocenters. The number of methoxy groups -OCH3 is 1. The van der Waals surface area contributed by atoms with Gasteiger partial charge in [-0.15, -0.1) is 0 Å². The van der Waals surface area contributed by atoms with Gasteiger partial charge in [0.1, 0.15) is 11.8 Å². The lowest BCUT2D eigenvalue weighted by Gasteiger charge is -2.10. The molecule has 0 fully saturated rings. The molecule has 1 atom stereocenters. The first kappa shape index (κ1) is 13.5. The molecule has 0 saturated carbocycles. The van der Waals surface area contributed by atoms with E-state index in [1.165, 1.54) is 7.11 Å². The molecule has 0 saturated heterocycles. The maximum atomic E-state index is 11.2. The maximum absolute atomic E-state index is 11.2. The third kappa shape index (κ3) is 4.44. The van der Waals surface area contributed by atoms with Crippen LogP contribution in [0.25, 0.3) is 0 Å². The Hall–Kier alpha value is -1.55. The quantitative estimate of drug-likeness (QED) is 0.762. The lowest BCUT2D eigenvalue weighted by molar-refractivity contribution is -0.142. The maximum Gasteiger partial charge on any atom is 0.322 e. The minimum Gasteiger partial charge on any atom is -0.494 e. The first-order chi connectivity index (χ1) is 8.17. The average molecular weight is 237 g/mol. The minimum atomic E-state index is -0.609. The van der Waals surface area contributed by atoms with Crippen LogP contribution < -0.4 is 10.5 Å². The smallest absolute Gasteiger partial charge is 0.322 e. The van der Waals surface area contributed by atoms with Crippen LogP contribution in [0.3, 0.4) is 0 Å². The van der Waals surface area contributed by atoms with E-state index in [0.29, 0.717) is 13.0 Å². The van der Waals surface area contributed by atoms with Crippen LogP contribution in [-0.4, -0.2) is 25.7 Å². The standard InChI is InChI=1S/C13H19NO3/c1-3-8-17-11-6-4-10(5-7-11)9-12(14)13(15)16-2/h4-7,12H,3,8-9,14H2,1-2H3/t12-/m0/s1. The van der Waals surface area contributed by atoms with E-state index in [1.807, 2.05) is 24.3 Å². The summed E-state index contributed by atoms with van der Waals surface area (Å²) in [6.45, 7) is 2.77. The van der Waals surface area contributed by atoms with E-state index in [2.05, 4.69) is 11.7 Å². The molecule has 0 radical (unpaired) electrons. The molecule has 0 amide bonds. The highest BCUT2D eigenvalue weighted by Gasteiger charge is 2.13. The number of hydrogen-bond acceptors (Lipinski definition) is 4. The Morgan fingerprint density at radius 2 is 2.00 bits per heavy atom. The molecule has 0 bridgehead atoms. The average Bonchev–Trinajstić information content (AvgIpc) is 2.37. The normalized spacial score (nSPS) is 11.9. The van der Waals surface area contributed by atoms with Gasteiger partial charge >= 0.3 is 5.97 Å². The van der Waals surface area contributed by atoms with Crippen molar-refractivity contribution in [3.63, 3.8) is 0 Å². The lowest BCUT2D eigenvalue weighted by Crippen LogP contribution is -2.33. The zero-order valence-corrected chi connectivity index (χ0v) is 10.3. The second kappa shape index (κ2) is 6.91. The van der Waals surface area contributed by atoms with E-state index < -0.39 is 12.0 Å².